The molecule has 1 amide bonds. The number of hydrogen-bond acceptors (Lipinski definition) is 5. The normalized spacial score (nSPS) is 11.4. The van der Waals surface area contributed by atoms with Crippen LogP contribution < -0.4 is 11.1 Å². The molecule has 0 fully saturated rings. The van der Waals surface area contributed by atoms with Gasteiger partial charge in [0.25, 0.3) is 0 Å². The van der Waals surface area contributed by atoms with E-state index in [2.05, 4.69) is 29.6 Å². The molecule has 0 aliphatic carbocycles. The predicted molar refractivity (Wildman–Crippen MR) is 220 cm³/mol. The number of rotatable bonds is 5. The maximum absolute atomic E-state index is 12.6. The Morgan fingerprint density at radius 2 is 0.906 bits per heavy atom. The Hall–Kier alpha value is -6.21. The topological polar surface area (TPSA) is 105 Å². The largest absolute Gasteiger partial charge is 0.444 e. The molecule has 0 aliphatic heterocycles. The maximum atomic E-state index is 12.6. The molecular weight excluding hydrogens is 657 g/mol. The predicted octanol–water partition coefficient (Wildman–Crippen LogP) is 11.2. The van der Waals surface area contributed by atoms with Crippen LogP contribution >= 0.6 is 0 Å². The molecule has 0 atom stereocenters. The first-order valence-corrected chi connectivity index (χ1v) is 17.7. The van der Waals surface area contributed by atoms with E-state index in [1.165, 1.54) is 0 Å². The van der Waals surface area contributed by atoms with Gasteiger partial charge in [-0.05, 0) is 98.2 Å². The highest BCUT2D eigenvalue weighted by atomic mass is 16.6. The van der Waals surface area contributed by atoms with Crippen molar-refractivity contribution in [3.05, 3.63) is 157 Å². The molecule has 0 aromatic heterocycles. The number of nitrogens with one attached hydrogen (secondary N) is 1. The van der Waals surface area contributed by atoms with Gasteiger partial charge in [-0.1, -0.05) is 133 Å². The molecule has 6 heteroatoms. The van der Waals surface area contributed by atoms with Crippen LogP contribution in [0.1, 0.15) is 31.9 Å². The van der Waals surface area contributed by atoms with Crippen LogP contribution in [0, 0.1) is 0 Å². The summed E-state index contributed by atoms with van der Waals surface area (Å²) in [4.78, 5) is 12.6. The quantitative estimate of drug-likeness (QED) is 0.134. The first kappa shape index (κ1) is 35.2. The van der Waals surface area contributed by atoms with E-state index >= 15 is 0 Å². The summed E-state index contributed by atoms with van der Waals surface area (Å²) in [7, 11) is 0. The molecule has 53 heavy (non-hydrogen) atoms. The van der Waals surface area contributed by atoms with Crippen molar-refractivity contribution < 1.29 is 19.7 Å². The van der Waals surface area contributed by atoms with Gasteiger partial charge < -0.3 is 20.7 Å². The number of carbonyl (C=O) groups is 1. The standard InChI is InChI=1S/C26H25NO3.C21H17NO/c1-26(2,3)30-25(29)27-22-15-14-18-9-5-7-11-21(18)24(22)23-19(16-28)13-12-17-8-4-6-10-20(17)23;22-19-12-11-15-6-2-4-8-18(15)21(19)20-16(13-23)10-9-14-5-1-3-7-17(14)20/h4-15,28H,16H2,1-3H3,(H,27,29);1-12,23H,13,22H2. The van der Waals surface area contributed by atoms with E-state index in [1.807, 2.05) is 142 Å². The van der Waals surface area contributed by atoms with Crippen LogP contribution in [0.15, 0.2) is 146 Å². The van der Waals surface area contributed by atoms with Crippen LogP contribution in [-0.2, 0) is 18.0 Å². The Morgan fingerprint density at radius 3 is 1.36 bits per heavy atom. The van der Waals surface area contributed by atoms with Crippen molar-refractivity contribution in [3.63, 3.8) is 0 Å². The Balaban J connectivity index is 0.000000170. The van der Waals surface area contributed by atoms with Gasteiger partial charge in [-0.25, -0.2) is 4.79 Å². The number of nitrogens with two attached hydrogens (primary N) is 1. The van der Waals surface area contributed by atoms with Gasteiger partial charge in [0.1, 0.15) is 5.60 Å². The second-order valence-electron chi connectivity index (χ2n) is 14.0. The summed E-state index contributed by atoms with van der Waals surface area (Å²) in [5, 5.41) is 31.6. The number of anilines is 2. The lowest BCUT2D eigenvalue weighted by Crippen LogP contribution is -2.27. The lowest BCUT2D eigenvalue weighted by atomic mass is 9.89. The number of fused-ring (bicyclic) bond motifs is 4. The average molecular weight is 699 g/mol. The summed E-state index contributed by atoms with van der Waals surface area (Å²) in [6.45, 7) is 5.39. The van der Waals surface area contributed by atoms with E-state index < -0.39 is 11.7 Å². The van der Waals surface area contributed by atoms with Crippen molar-refractivity contribution in [2.45, 2.75) is 39.6 Å². The van der Waals surface area contributed by atoms with E-state index in [4.69, 9.17) is 10.5 Å². The molecule has 0 unspecified atom stereocenters. The molecule has 0 radical (unpaired) electrons. The molecule has 264 valence electrons. The second kappa shape index (κ2) is 14.8. The van der Waals surface area contributed by atoms with Gasteiger partial charge in [-0.2, -0.15) is 0 Å². The minimum absolute atomic E-state index is 0.0111. The zero-order chi connectivity index (χ0) is 37.1. The van der Waals surface area contributed by atoms with Gasteiger partial charge in [-0.15, -0.1) is 0 Å². The molecule has 0 saturated heterocycles. The zero-order valence-corrected chi connectivity index (χ0v) is 30.1. The van der Waals surface area contributed by atoms with Crippen LogP contribution in [0.25, 0.3) is 65.3 Å². The molecular formula is C47H42N2O4. The second-order valence-corrected chi connectivity index (χ2v) is 14.0. The number of benzene rings is 8. The number of nitrogen functional groups attached to an aromatic ring is 1. The monoisotopic (exact) mass is 698 g/mol. The molecule has 8 aromatic carbocycles. The van der Waals surface area contributed by atoms with E-state index in [1.54, 1.807) is 0 Å². The summed E-state index contributed by atoms with van der Waals surface area (Å²) < 4.78 is 5.49. The van der Waals surface area contributed by atoms with Gasteiger partial charge in [0.2, 0.25) is 0 Å². The summed E-state index contributed by atoms with van der Waals surface area (Å²) in [5.41, 5.74) is 12.6. The molecule has 6 nitrogen and oxygen atoms in total. The highest BCUT2D eigenvalue weighted by Crippen LogP contribution is 2.42. The Labute approximate surface area is 309 Å². The van der Waals surface area contributed by atoms with Gasteiger partial charge in [-0.3, -0.25) is 5.32 Å². The fourth-order valence-electron chi connectivity index (χ4n) is 7.11. The number of ether oxygens (including phenoxy) is 1. The molecule has 0 saturated carbocycles. The molecule has 0 heterocycles. The van der Waals surface area contributed by atoms with Gasteiger partial charge in [0.15, 0.2) is 0 Å². The van der Waals surface area contributed by atoms with E-state index in [-0.39, 0.29) is 13.2 Å². The summed E-state index contributed by atoms with van der Waals surface area (Å²) in [5.74, 6) is 0. The summed E-state index contributed by atoms with van der Waals surface area (Å²) in [6.07, 6.45) is -0.509. The van der Waals surface area contributed by atoms with Gasteiger partial charge in [0, 0.05) is 16.8 Å². The van der Waals surface area contributed by atoms with Gasteiger partial charge >= 0.3 is 6.09 Å². The number of amides is 1. The van der Waals surface area contributed by atoms with E-state index in [0.717, 1.165) is 82.2 Å². The fourth-order valence-corrected chi connectivity index (χ4v) is 7.11. The van der Waals surface area contributed by atoms with Crippen molar-refractivity contribution in [2.75, 3.05) is 11.1 Å². The van der Waals surface area contributed by atoms with Crippen molar-refractivity contribution in [3.8, 4) is 22.3 Å². The molecule has 0 spiro atoms. The maximum Gasteiger partial charge on any atom is 0.412 e. The van der Waals surface area contributed by atoms with E-state index in [9.17, 15) is 15.0 Å². The van der Waals surface area contributed by atoms with E-state index in [0.29, 0.717) is 5.69 Å². The third kappa shape index (κ3) is 7.15. The number of hydrogen-bond donors (Lipinski definition) is 4. The van der Waals surface area contributed by atoms with Crippen LogP contribution in [0.3, 0.4) is 0 Å². The third-order valence-electron chi connectivity index (χ3n) is 9.40. The Morgan fingerprint density at radius 1 is 0.528 bits per heavy atom. The minimum Gasteiger partial charge on any atom is -0.444 e. The molecule has 8 aromatic rings. The molecule has 8 rings (SSSR count). The third-order valence-corrected chi connectivity index (χ3v) is 9.40. The van der Waals surface area contributed by atoms with Crippen LogP contribution in [0.4, 0.5) is 16.2 Å². The fraction of sp³-hybridized carbons (Fsp3) is 0.128. The summed E-state index contributed by atoms with van der Waals surface area (Å²) in [6, 6.07) is 48.4. The molecule has 0 aliphatic rings. The smallest absolute Gasteiger partial charge is 0.412 e. The molecule has 0 bridgehead atoms. The van der Waals surface area contributed by atoms with Crippen molar-refractivity contribution >= 4 is 60.6 Å². The Kier molecular flexibility index (Phi) is 9.83. The highest BCUT2D eigenvalue weighted by Gasteiger charge is 2.21. The van der Waals surface area contributed by atoms with Crippen LogP contribution in [-0.4, -0.2) is 21.9 Å². The van der Waals surface area contributed by atoms with Crippen LogP contribution in [0.5, 0.6) is 0 Å². The SMILES string of the molecule is CC(C)(C)OC(=O)Nc1ccc2ccccc2c1-c1c(CO)ccc2ccccc12.Nc1ccc2ccccc2c1-c1c(CO)ccc2ccccc12. The number of aliphatic hydroxyl groups is 2. The Bertz CT molecular complexity index is 2620. The highest BCUT2D eigenvalue weighted by molar-refractivity contribution is 6.13. The van der Waals surface area contributed by atoms with Crippen molar-refractivity contribution in [1.29, 1.82) is 0 Å². The zero-order valence-electron chi connectivity index (χ0n) is 30.1. The lowest BCUT2D eigenvalue weighted by Gasteiger charge is -2.22. The van der Waals surface area contributed by atoms with Crippen molar-refractivity contribution in [1.82, 2.24) is 0 Å². The first-order valence-electron chi connectivity index (χ1n) is 17.7. The van der Waals surface area contributed by atoms with Crippen LogP contribution in [0.2, 0.25) is 0 Å². The molecule has 5 N–H and O–H groups in total. The lowest BCUT2D eigenvalue weighted by molar-refractivity contribution is 0.0636. The van der Waals surface area contributed by atoms with Crippen molar-refractivity contribution in [2.24, 2.45) is 0 Å². The average Bonchev–Trinajstić information content (AvgIpc) is 3.16. The summed E-state index contributed by atoms with van der Waals surface area (Å²) >= 11 is 0. The van der Waals surface area contributed by atoms with Gasteiger partial charge in [0.05, 0.1) is 18.9 Å². The number of aliphatic hydroxyl groups excluding tert-OH is 2. The number of carbonyl (C=O) groups excluding carboxylic acids is 1. The first-order chi connectivity index (χ1) is 25.7. The minimum atomic E-state index is -0.600.